The van der Waals surface area contributed by atoms with E-state index in [4.69, 9.17) is 16.2 Å². The lowest BCUT2D eigenvalue weighted by Gasteiger charge is -2.21. The van der Waals surface area contributed by atoms with Gasteiger partial charge in [-0.05, 0) is 44.1 Å². The molecule has 2 heterocycles. The molecular weight excluding hydrogens is 386 g/mol. The van der Waals surface area contributed by atoms with Gasteiger partial charge in [-0.2, -0.15) is 9.98 Å². The number of nitrogens with zero attached hydrogens (tertiary/aromatic N) is 4. The number of nitrogens with two attached hydrogens (primary N) is 2. The van der Waals surface area contributed by atoms with Crippen LogP contribution in [0.25, 0.3) is 0 Å². The molecule has 1 fully saturated rings. The van der Waals surface area contributed by atoms with E-state index in [2.05, 4.69) is 20.3 Å². The van der Waals surface area contributed by atoms with Crippen molar-refractivity contribution in [3.05, 3.63) is 47.4 Å². The number of guanidine groups is 1. The van der Waals surface area contributed by atoms with E-state index in [9.17, 15) is 9.59 Å². The highest BCUT2D eigenvalue weighted by molar-refractivity contribution is 6.10. The van der Waals surface area contributed by atoms with Crippen LogP contribution in [0.5, 0.6) is 0 Å². The van der Waals surface area contributed by atoms with Crippen molar-refractivity contribution < 1.29 is 14.3 Å². The van der Waals surface area contributed by atoms with Crippen LogP contribution in [-0.2, 0) is 14.3 Å². The number of hydrogen-bond acceptors (Lipinski definition) is 6. The van der Waals surface area contributed by atoms with E-state index in [-0.39, 0.29) is 24.4 Å². The first-order valence-electron chi connectivity index (χ1n) is 9.61. The third-order valence-corrected chi connectivity index (χ3v) is 4.29. The van der Waals surface area contributed by atoms with E-state index in [1.807, 2.05) is 19.9 Å². The number of nitrogens with one attached hydrogen (secondary N) is 1. The number of fused-ring (bicyclic) bond motifs is 1. The summed E-state index contributed by atoms with van der Waals surface area (Å²) < 4.78 is 5.58. The van der Waals surface area contributed by atoms with E-state index in [1.54, 1.807) is 18.2 Å². The molecule has 10 nitrogen and oxygen atoms in total. The summed E-state index contributed by atoms with van der Waals surface area (Å²) in [6.07, 6.45) is 8.29. The van der Waals surface area contributed by atoms with Gasteiger partial charge < -0.3 is 21.5 Å². The van der Waals surface area contributed by atoms with Crippen LogP contribution in [0, 0.1) is 0 Å². The first kappa shape index (κ1) is 21.0. The summed E-state index contributed by atoms with van der Waals surface area (Å²) in [7, 11) is 0. The normalized spacial score (nSPS) is 15.1. The van der Waals surface area contributed by atoms with E-state index in [0.717, 1.165) is 17.8 Å². The summed E-state index contributed by atoms with van der Waals surface area (Å²) in [5, 5.41) is 3.08. The first-order chi connectivity index (χ1) is 14.3. The molecule has 0 radical (unpaired) electrons. The fraction of sp³-hybridized carbons (Fsp3) is 0.350. The summed E-state index contributed by atoms with van der Waals surface area (Å²) in [6.45, 7) is 4.10. The van der Waals surface area contributed by atoms with Crippen molar-refractivity contribution in [1.82, 2.24) is 9.97 Å². The molecule has 1 aromatic rings. The number of rotatable bonds is 6. The second-order valence-electron chi connectivity index (χ2n) is 7.09. The molecule has 158 valence electrons. The highest BCUT2D eigenvalue weighted by Crippen LogP contribution is 2.29. The van der Waals surface area contributed by atoms with Crippen LogP contribution in [-0.4, -0.2) is 46.9 Å². The lowest BCUT2D eigenvalue weighted by Crippen LogP contribution is -2.38. The van der Waals surface area contributed by atoms with Gasteiger partial charge in [-0.25, -0.2) is 4.98 Å². The van der Waals surface area contributed by atoms with Crippen molar-refractivity contribution in [2.75, 3.05) is 23.4 Å². The number of aliphatic imine (C=N–C) groups is 1. The Hall–Kier alpha value is -3.69. The minimum absolute atomic E-state index is 0.0915. The number of carbonyl (C=O) groups excluding carboxylic acids is 2. The van der Waals surface area contributed by atoms with Gasteiger partial charge in [0.1, 0.15) is 18.1 Å². The Morgan fingerprint density at radius 1 is 1.33 bits per heavy atom. The first-order valence-corrected chi connectivity index (χ1v) is 9.61. The van der Waals surface area contributed by atoms with Crippen molar-refractivity contribution in [2.24, 2.45) is 16.5 Å². The SMILES string of the molecule is CC(C)Nc1nccc(N(CC(=O)N=C(N)N)C(=O)C2=CCC=C3OCCC3=C2)n1. The number of amides is 2. The Kier molecular flexibility index (Phi) is 6.45. The molecule has 1 aromatic heterocycles. The molecule has 10 heteroatoms. The third kappa shape index (κ3) is 5.22. The topological polar surface area (TPSA) is 149 Å². The number of allylic oxidation sites excluding steroid dienone is 3. The van der Waals surface area contributed by atoms with E-state index < -0.39 is 11.8 Å². The van der Waals surface area contributed by atoms with Gasteiger partial charge in [-0.1, -0.05) is 6.08 Å². The molecule has 5 N–H and O–H groups in total. The van der Waals surface area contributed by atoms with Crippen LogP contribution in [0.3, 0.4) is 0 Å². The molecule has 0 bridgehead atoms. The molecule has 30 heavy (non-hydrogen) atoms. The Morgan fingerprint density at radius 3 is 2.87 bits per heavy atom. The molecule has 0 aromatic carbocycles. The molecule has 3 rings (SSSR count). The van der Waals surface area contributed by atoms with Crippen LogP contribution in [0.2, 0.25) is 0 Å². The minimum Gasteiger partial charge on any atom is -0.493 e. The molecule has 2 amide bonds. The minimum atomic E-state index is -0.662. The zero-order valence-electron chi connectivity index (χ0n) is 17.0. The van der Waals surface area contributed by atoms with Crippen LogP contribution < -0.4 is 21.7 Å². The summed E-state index contributed by atoms with van der Waals surface area (Å²) in [4.78, 5) is 39.0. The van der Waals surface area contributed by atoms with Crippen molar-refractivity contribution in [3.8, 4) is 0 Å². The van der Waals surface area contributed by atoms with Crippen LogP contribution >= 0.6 is 0 Å². The molecule has 1 saturated heterocycles. The summed E-state index contributed by atoms with van der Waals surface area (Å²) in [6, 6.07) is 1.65. The monoisotopic (exact) mass is 411 g/mol. The predicted octanol–water partition coefficient (Wildman–Crippen LogP) is 0.991. The molecule has 0 spiro atoms. The Balaban J connectivity index is 1.94. The predicted molar refractivity (Wildman–Crippen MR) is 113 cm³/mol. The molecule has 0 unspecified atom stereocenters. The van der Waals surface area contributed by atoms with Crippen LogP contribution in [0.1, 0.15) is 26.7 Å². The molecule has 1 aliphatic carbocycles. The van der Waals surface area contributed by atoms with E-state index in [1.165, 1.54) is 11.1 Å². The van der Waals surface area contributed by atoms with Gasteiger partial charge in [0.05, 0.1) is 6.61 Å². The number of hydrogen-bond donors (Lipinski definition) is 3. The highest BCUT2D eigenvalue weighted by atomic mass is 16.5. The number of anilines is 2. The quantitative estimate of drug-likeness (QED) is 0.463. The zero-order chi connectivity index (χ0) is 21.7. The van der Waals surface area contributed by atoms with Gasteiger partial charge >= 0.3 is 0 Å². The Morgan fingerprint density at radius 2 is 2.13 bits per heavy atom. The fourth-order valence-electron chi connectivity index (χ4n) is 3.06. The zero-order valence-corrected chi connectivity index (χ0v) is 17.0. The van der Waals surface area contributed by atoms with Crippen molar-refractivity contribution in [3.63, 3.8) is 0 Å². The maximum atomic E-state index is 13.4. The maximum absolute atomic E-state index is 13.4. The molecule has 0 atom stereocenters. The van der Waals surface area contributed by atoms with Gasteiger partial charge in [-0.3, -0.25) is 14.5 Å². The smallest absolute Gasteiger partial charge is 0.268 e. The molecule has 2 aliphatic rings. The average molecular weight is 411 g/mol. The third-order valence-electron chi connectivity index (χ3n) is 4.29. The number of carbonyl (C=O) groups is 2. The van der Waals surface area contributed by atoms with Crippen molar-refractivity contribution in [2.45, 2.75) is 32.7 Å². The van der Waals surface area contributed by atoms with E-state index >= 15 is 0 Å². The molecule has 1 aliphatic heterocycles. The number of aromatic nitrogens is 2. The average Bonchev–Trinajstić information content (AvgIpc) is 3.01. The van der Waals surface area contributed by atoms with Gasteiger partial charge in [0, 0.05) is 24.2 Å². The lowest BCUT2D eigenvalue weighted by atomic mass is 10.1. The Bertz CT molecular complexity index is 959. The van der Waals surface area contributed by atoms with Crippen LogP contribution in [0.15, 0.2) is 52.4 Å². The van der Waals surface area contributed by atoms with E-state index in [0.29, 0.717) is 24.5 Å². The Labute approximate surface area is 174 Å². The molecular formula is C20H25N7O3. The van der Waals surface area contributed by atoms with Crippen molar-refractivity contribution in [1.29, 1.82) is 0 Å². The van der Waals surface area contributed by atoms with Gasteiger partial charge in [0.2, 0.25) is 5.95 Å². The molecule has 0 saturated carbocycles. The van der Waals surface area contributed by atoms with Gasteiger partial charge in [0.25, 0.3) is 11.8 Å². The van der Waals surface area contributed by atoms with Crippen LogP contribution in [0.4, 0.5) is 11.8 Å². The lowest BCUT2D eigenvalue weighted by molar-refractivity contribution is -0.120. The number of ether oxygens (including phenoxy) is 1. The standard InChI is InChI=1S/C20H25N7O3/c1-12(2)24-20-23-8-6-16(25-20)27(11-17(28)26-19(21)22)18(29)14-4-3-5-15-13(10-14)7-9-30-15/h4-6,8,10,12H,3,7,9,11H2,1-2H3,(H,23,24,25)(H4,21,22,26,28). The fourth-order valence-corrected chi connectivity index (χ4v) is 3.06. The highest BCUT2D eigenvalue weighted by Gasteiger charge is 2.26. The summed E-state index contributed by atoms with van der Waals surface area (Å²) in [5.74, 6) is -0.0251. The largest absolute Gasteiger partial charge is 0.493 e. The van der Waals surface area contributed by atoms with Gasteiger partial charge in [0.15, 0.2) is 5.96 Å². The second-order valence-corrected chi connectivity index (χ2v) is 7.09. The maximum Gasteiger partial charge on any atom is 0.268 e. The van der Waals surface area contributed by atoms with Crippen molar-refractivity contribution >= 4 is 29.5 Å². The summed E-state index contributed by atoms with van der Waals surface area (Å²) in [5.41, 5.74) is 12.0. The van der Waals surface area contributed by atoms with Gasteiger partial charge in [-0.15, -0.1) is 0 Å². The second kappa shape index (κ2) is 9.21. The summed E-state index contributed by atoms with van der Waals surface area (Å²) >= 11 is 0.